The lowest BCUT2D eigenvalue weighted by Crippen LogP contribution is -2.13. The van der Waals surface area contributed by atoms with Gasteiger partial charge in [0.25, 0.3) is 10.0 Å². The Morgan fingerprint density at radius 1 is 1.20 bits per heavy atom. The van der Waals surface area contributed by atoms with Crippen molar-refractivity contribution in [1.29, 1.82) is 0 Å². The average molecular weight is 333 g/mol. The highest BCUT2D eigenvalue weighted by molar-refractivity contribution is 7.92. The van der Waals surface area contributed by atoms with Crippen LogP contribution >= 0.6 is 23.2 Å². The summed E-state index contributed by atoms with van der Waals surface area (Å²) in [7, 11) is -2.35. The summed E-state index contributed by atoms with van der Waals surface area (Å²) in [6, 6.07) is 5.65. The monoisotopic (exact) mass is 332 g/mol. The number of pyridine rings is 1. The molecular weight excluding hydrogens is 323 g/mol. The van der Waals surface area contributed by atoms with Crippen LogP contribution in [0.1, 0.15) is 0 Å². The van der Waals surface area contributed by atoms with Crippen molar-refractivity contribution in [2.45, 2.75) is 4.90 Å². The van der Waals surface area contributed by atoms with Crippen molar-refractivity contribution in [3.8, 4) is 5.75 Å². The van der Waals surface area contributed by atoms with E-state index in [4.69, 9.17) is 27.9 Å². The van der Waals surface area contributed by atoms with Crippen LogP contribution in [0, 0.1) is 0 Å². The average Bonchev–Trinajstić information content (AvgIpc) is 2.41. The quantitative estimate of drug-likeness (QED) is 0.933. The van der Waals surface area contributed by atoms with Gasteiger partial charge < -0.3 is 4.74 Å². The van der Waals surface area contributed by atoms with Crippen LogP contribution in [-0.4, -0.2) is 20.5 Å². The van der Waals surface area contributed by atoms with Crippen LogP contribution in [0.4, 0.5) is 5.69 Å². The minimum atomic E-state index is -3.80. The van der Waals surface area contributed by atoms with E-state index in [1.807, 2.05) is 0 Å². The Bertz CT molecular complexity index is 735. The SMILES string of the molecule is COc1ccc(S(=O)(=O)Nc2cnccc2Cl)cc1Cl. The first-order valence-corrected chi connectivity index (χ1v) is 7.64. The molecule has 0 spiro atoms. The highest BCUT2D eigenvalue weighted by Gasteiger charge is 2.17. The lowest BCUT2D eigenvalue weighted by Gasteiger charge is -2.10. The van der Waals surface area contributed by atoms with E-state index in [0.717, 1.165) is 0 Å². The number of halogens is 2. The minimum Gasteiger partial charge on any atom is -0.495 e. The molecule has 0 radical (unpaired) electrons. The molecule has 0 unspecified atom stereocenters. The van der Waals surface area contributed by atoms with Crippen LogP contribution in [0.3, 0.4) is 0 Å². The Morgan fingerprint density at radius 2 is 1.95 bits per heavy atom. The molecule has 2 aromatic rings. The molecule has 8 heteroatoms. The third-order valence-corrected chi connectivity index (χ3v) is 4.43. The second-order valence-corrected chi connectivity index (χ2v) is 6.25. The van der Waals surface area contributed by atoms with E-state index in [9.17, 15) is 8.42 Å². The van der Waals surface area contributed by atoms with Gasteiger partial charge in [0.15, 0.2) is 0 Å². The topological polar surface area (TPSA) is 68.3 Å². The van der Waals surface area contributed by atoms with Gasteiger partial charge in [-0.2, -0.15) is 0 Å². The Hall–Kier alpha value is -1.50. The summed E-state index contributed by atoms with van der Waals surface area (Å²) in [4.78, 5) is 3.81. The predicted octanol–water partition coefficient (Wildman–Crippen LogP) is 3.20. The standard InChI is InChI=1S/C12H10Cl2N2O3S/c1-19-12-3-2-8(6-10(12)14)20(17,18)16-11-7-15-5-4-9(11)13/h2-7,16H,1H3. The number of hydrogen-bond acceptors (Lipinski definition) is 4. The summed E-state index contributed by atoms with van der Waals surface area (Å²) in [6.45, 7) is 0. The number of aromatic nitrogens is 1. The Balaban J connectivity index is 2.36. The molecule has 0 bridgehead atoms. The number of sulfonamides is 1. The van der Waals surface area contributed by atoms with Gasteiger partial charge in [-0.1, -0.05) is 23.2 Å². The van der Waals surface area contributed by atoms with E-state index in [1.165, 1.54) is 43.8 Å². The van der Waals surface area contributed by atoms with E-state index in [2.05, 4.69) is 9.71 Å². The molecule has 1 N–H and O–H groups in total. The fourth-order valence-corrected chi connectivity index (χ4v) is 3.09. The molecule has 0 fully saturated rings. The largest absolute Gasteiger partial charge is 0.495 e. The van der Waals surface area contributed by atoms with Gasteiger partial charge in [0.05, 0.1) is 33.9 Å². The number of anilines is 1. The maximum absolute atomic E-state index is 12.2. The number of rotatable bonds is 4. The molecule has 0 saturated heterocycles. The number of methoxy groups -OCH3 is 1. The molecule has 2 rings (SSSR count). The van der Waals surface area contributed by atoms with Crippen LogP contribution in [0.25, 0.3) is 0 Å². The minimum absolute atomic E-state index is 0.00298. The molecule has 20 heavy (non-hydrogen) atoms. The Labute approximate surface area is 126 Å². The summed E-state index contributed by atoms with van der Waals surface area (Å²) < 4.78 is 31.7. The highest BCUT2D eigenvalue weighted by Crippen LogP contribution is 2.29. The Morgan fingerprint density at radius 3 is 2.55 bits per heavy atom. The van der Waals surface area contributed by atoms with Crippen LogP contribution in [-0.2, 0) is 10.0 Å². The maximum Gasteiger partial charge on any atom is 0.262 e. The van der Waals surface area contributed by atoms with Crippen molar-refractivity contribution in [2.75, 3.05) is 11.8 Å². The van der Waals surface area contributed by atoms with Crippen LogP contribution < -0.4 is 9.46 Å². The number of nitrogens with zero attached hydrogens (tertiary/aromatic N) is 1. The van der Waals surface area contributed by atoms with Crippen molar-refractivity contribution in [3.05, 3.63) is 46.7 Å². The van der Waals surface area contributed by atoms with Gasteiger partial charge in [0.2, 0.25) is 0 Å². The molecule has 0 amide bonds. The first-order valence-electron chi connectivity index (χ1n) is 5.40. The van der Waals surface area contributed by atoms with E-state index in [0.29, 0.717) is 5.75 Å². The van der Waals surface area contributed by atoms with Crippen LogP contribution in [0.15, 0.2) is 41.6 Å². The fraction of sp³-hybridized carbons (Fsp3) is 0.0833. The van der Waals surface area contributed by atoms with E-state index < -0.39 is 10.0 Å². The second-order valence-electron chi connectivity index (χ2n) is 3.76. The zero-order valence-corrected chi connectivity index (χ0v) is 12.6. The molecule has 0 aliphatic carbocycles. The number of nitrogens with one attached hydrogen (secondary N) is 1. The lowest BCUT2D eigenvalue weighted by molar-refractivity contribution is 0.414. The first-order chi connectivity index (χ1) is 9.44. The molecule has 1 aromatic carbocycles. The zero-order valence-electron chi connectivity index (χ0n) is 10.3. The van der Waals surface area contributed by atoms with Gasteiger partial charge in [0.1, 0.15) is 5.75 Å². The lowest BCUT2D eigenvalue weighted by atomic mass is 10.3. The molecule has 0 saturated carbocycles. The predicted molar refractivity (Wildman–Crippen MR) is 78.1 cm³/mol. The summed E-state index contributed by atoms with van der Waals surface area (Å²) >= 11 is 11.8. The van der Waals surface area contributed by atoms with Crippen molar-refractivity contribution < 1.29 is 13.2 Å². The van der Waals surface area contributed by atoms with Gasteiger partial charge in [-0.25, -0.2) is 8.42 Å². The van der Waals surface area contributed by atoms with E-state index in [-0.39, 0.29) is 20.6 Å². The molecule has 1 aromatic heterocycles. The summed E-state index contributed by atoms with van der Waals surface area (Å²) in [6.07, 6.45) is 2.79. The molecular formula is C12H10Cl2N2O3S. The number of ether oxygens (including phenoxy) is 1. The van der Waals surface area contributed by atoms with Gasteiger partial charge in [-0.05, 0) is 24.3 Å². The molecule has 5 nitrogen and oxygen atoms in total. The summed E-state index contributed by atoms with van der Waals surface area (Å²) in [5.41, 5.74) is 0.195. The smallest absolute Gasteiger partial charge is 0.262 e. The molecule has 0 atom stereocenters. The molecule has 1 heterocycles. The van der Waals surface area contributed by atoms with Crippen molar-refractivity contribution in [3.63, 3.8) is 0 Å². The van der Waals surface area contributed by atoms with Gasteiger partial charge in [0, 0.05) is 6.20 Å². The fourth-order valence-electron chi connectivity index (χ4n) is 1.47. The third-order valence-electron chi connectivity index (χ3n) is 2.45. The number of benzene rings is 1. The third kappa shape index (κ3) is 3.15. The van der Waals surface area contributed by atoms with Gasteiger partial charge in [-0.3, -0.25) is 9.71 Å². The normalized spacial score (nSPS) is 11.2. The summed E-state index contributed by atoms with van der Waals surface area (Å²) in [5, 5.41) is 0.454. The highest BCUT2D eigenvalue weighted by atomic mass is 35.5. The van der Waals surface area contributed by atoms with Crippen LogP contribution in [0.5, 0.6) is 5.75 Å². The van der Waals surface area contributed by atoms with Crippen LogP contribution in [0.2, 0.25) is 10.0 Å². The van der Waals surface area contributed by atoms with Gasteiger partial charge in [-0.15, -0.1) is 0 Å². The first kappa shape index (κ1) is 14.9. The summed E-state index contributed by atoms with van der Waals surface area (Å²) in [5.74, 6) is 0.394. The van der Waals surface area contributed by atoms with Gasteiger partial charge >= 0.3 is 0 Å². The second kappa shape index (κ2) is 5.87. The van der Waals surface area contributed by atoms with E-state index in [1.54, 1.807) is 0 Å². The number of hydrogen-bond donors (Lipinski definition) is 1. The Kier molecular flexibility index (Phi) is 4.37. The van der Waals surface area contributed by atoms with E-state index >= 15 is 0 Å². The molecule has 106 valence electrons. The van der Waals surface area contributed by atoms with Crippen molar-refractivity contribution in [2.24, 2.45) is 0 Å². The maximum atomic E-state index is 12.2. The van der Waals surface area contributed by atoms with Crippen molar-refractivity contribution in [1.82, 2.24) is 4.98 Å². The molecule has 0 aliphatic heterocycles. The zero-order chi connectivity index (χ0) is 14.8. The van der Waals surface area contributed by atoms with Crippen molar-refractivity contribution >= 4 is 38.9 Å². The molecule has 0 aliphatic rings.